The molecule has 140 valence electrons. The average molecular weight is 380 g/mol. The van der Waals surface area contributed by atoms with Crippen LogP contribution in [-0.4, -0.2) is 9.78 Å². The third-order valence-corrected chi connectivity index (χ3v) is 5.77. The third kappa shape index (κ3) is 4.17. The van der Waals surface area contributed by atoms with Gasteiger partial charge in [0.05, 0.1) is 22.8 Å². The Morgan fingerprint density at radius 3 is 2.63 bits per heavy atom. The largest absolute Gasteiger partial charge is 0.265 e. The third-order valence-electron chi connectivity index (χ3n) is 5.46. The maximum atomic E-state index is 9.18. The molecule has 0 spiro atoms. The molecular formula is C23H26ClN3. The van der Waals surface area contributed by atoms with Crippen LogP contribution in [0.15, 0.2) is 52.1 Å². The van der Waals surface area contributed by atoms with Crippen molar-refractivity contribution in [3.63, 3.8) is 0 Å². The molecule has 27 heavy (non-hydrogen) atoms. The molecule has 1 heterocycles. The van der Waals surface area contributed by atoms with Gasteiger partial charge in [-0.15, -0.1) is 0 Å². The number of hydrogen-bond acceptors (Lipinski definition) is 2. The lowest BCUT2D eigenvalue weighted by Crippen LogP contribution is -2.08. The van der Waals surface area contributed by atoms with Gasteiger partial charge < -0.3 is 0 Å². The minimum Gasteiger partial charge on any atom is -0.265 e. The average Bonchev–Trinajstić information content (AvgIpc) is 2.82. The maximum absolute atomic E-state index is 9.18. The summed E-state index contributed by atoms with van der Waals surface area (Å²) in [6.07, 6.45) is 13.3. The molecule has 0 fully saturated rings. The Bertz CT molecular complexity index is 943. The second-order valence-corrected chi connectivity index (χ2v) is 7.96. The highest BCUT2D eigenvalue weighted by Gasteiger charge is 2.17. The first-order chi connectivity index (χ1) is 12.9. The van der Waals surface area contributed by atoms with E-state index in [4.69, 9.17) is 16.7 Å². The van der Waals surface area contributed by atoms with Crippen molar-refractivity contribution in [2.24, 2.45) is 5.92 Å². The van der Waals surface area contributed by atoms with Crippen LogP contribution in [-0.2, 0) is 6.54 Å². The molecule has 2 aliphatic rings. The Kier molecular flexibility index (Phi) is 5.87. The molecule has 0 aromatic carbocycles. The van der Waals surface area contributed by atoms with E-state index < -0.39 is 0 Å². The zero-order valence-electron chi connectivity index (χ0n) is 16.5. The van der Waals surface area contributed by atoms with Crippen LogP contribution in [0.1, 0.15) is 50.1 Å². The number of allylic oxidation sites excluding steroid dienone is 10. The summed E-state index contributed by atoms with van der Waals surface area (Å²) in [5.74, 6) is 0.619. The number of hydrogen-bond donors (Lipinski definition) is 0. The lowest BCUT2D eigenvalue weighted by atomic mass is 9.91. The van der Waals surface area contributed by atoms with Gasteiger partial charge in [-0.1, -0.05) is 55.3 Å². The summed E-state index contributed by atoms with van der Waals surface area (Å²) >= 11 is 6.30. The van der Waals surface area contributed by atoms with Crippen LogP contribution < -0.4 is 0 Å². The second kappa shape index (κ2) is 8.15. The van der Waals surface area contributed by atoms with E-state index in [2.05, 4.69) is 56.7 Å². The molecule has 1 aromatic rings. The van der Waals surface area contributed by atoms with Gasteiger partial charge in [-0.25, -0.2) is 0 Å². The SMILES string of the molecule is Cc1c(C2=CCC=C(C#N)C(Cl)=C2)nn(CC2=CC=C(C(C)C)CC2)c1C. The minimum atomic E-state index is 0.481. The van der Waals surface area contributed by atoms with Gasteiger partial charge in [0.2, 0.25) is 0 Å². The van der Waals surface area contributed by atoms with E-state index in [9.17, 15) is 5.26 Å². The van der Waals surface area contributed by atoms with Gasteiger partial charge in [0.25, 0.3) is 0 Å². The van der Waals surface area contributed by atoms with Gasteiger partial charge in [0.1, 0.15) is 6.07 Å². The van der Waals surface area contributed by atoms with Crippen molar-refractivity contribution in [3.05, 3.63) is 69.1 Å². The van der Waals surface area contributed by atoms with Crippen LogP contribution in [0.5, 0.6) is 0 Å². The summed E-state index contributed by atoms with van der Waals surface area (Å²) < 4.78 is 2.09. The van der Waals surface area contributed by atoms with Gasteiger partial charge in [0, 0.05) is 11.3 Å². The van der Waals surface area contributed by atoms with Gasteiger partial charge in [-0.05, 0) is 56.2 Å². The van der Waals surface area contributed by atoms with Crippen LogP contribution >= 0.6 is 11.6 Å². The summed E-state index contributed by atoms with van der Waals surface area (Å²) in [6.45, 7) is 9.55. The second-order valence-electron chi connectivity index (χ2n) is 7.55. The minimum absolute atomic E-state index is 0.481. The highest BCUT2D eigenvalue weighted by Crippen LogP contribution is 2.30. The molecule has 0 atom stereocenters. The van der Waals surface area contributed by atoms with Crippen molar-refractivity contribution in [1.82, 2.24) is 9.78 Å². The Hall–Kier alpha value is -2.31. The molecule has 0 radical (unpaired) electrons. The van der Waals surface area contributed by atoms with E-state index in [1.54, 1.807) is 0 Å². The Labute approximate surface area is 167 Å². The monoisotopic (exact) mass is 379 g/mol. The van der Waals surface area contributed by atoms with E-state index in [1.165, 1.54) is 16.8 Å². The molecule has 2 aliphatic carbocycles. The first-order valence-electron chi connectivity index (χ1n) is 9.51. The number of nitrogens with zero attached hydrogens (tertiary/aromatic N) is 3. The molecule has 0 unspecified atom stereocenters. The van der Waals surface area contributed by atoms with Crippen LogP contribution in [0.2, 0.25) is 0 Å². The molecule has 3 nitrogen and oxygen atoms in total. The van der Waals surface area contributed by atoms with E-state index in [0.717, 1.165) is 36.2 Å². The topological polar surface area (TPSA) is 41.6 Å². The van der Waals surface area contributed by atoms with Crippen molar-refractivity contribution in [1.29, 1.82) is 5.26 Å². The van der Waals surface area contributed by atoms with Crippen LogP contribution in [0.4, 0.5) is 0 Å². The fourth-order valence-corrected chi connectivity index (χ4v) is 3.74. The Balaban J connectivity index is 1.87. The van der Waals surface area contributed by atoms with Gasteiger partial charge in [-0.2, -0.15) is 10.4 Å². The zero-order valence-corrected chi connectivity index (χ0v) is 17.3. The lowest BCUT2D eigenvalue weighted by molar-refractivity contribution is 0.617. The van der Waals surface area contributed by atoms with E-state index in [-0.39, 0.29) is 0 Å². The quantitative estimate of drug-likeness (QED) is 0.628. The number of nitriles is 1. The van der Waals surface area contributed by atoms with Crippen molar-refractivity contribution < 1.29 is 0 Å². The smallest absolute Gasteiger partial charge is 0.100 e. The van der Waals surface area contributed by atoms with E-state index in [0.29, 0.717) is 22.9 Å². The summed E-state index contributed by atoms with van der Waals surface area (Å²) in [4.78, 5) is 0. The molecule has 0 N–H and O–H groups in total. The summed E-state index contributed by atoms with van der Waals surface area (Å²) in [5.41, 5.74) is 7.74. The predicted molar refractivity (Wildman–Crippen MR) is 112 cm³/mol. The fourth-order valence-electron chi connectivity index (χ4n) is 3.50. The molecule has 0 bridgehead atoms. The molecule has 1 aromatic heterocycles. The first-order valence-corrected chi connectivity index (χ1v) is 9.89. The van der Waals surface area contributed by atoms with Crippen molar-refractivity contribution >= 4 is 17.2 Å². The predicted octanol–water partition coefficient (Wildman–Crippen LogP) is 6.16. The number of aromatic nitrogens is 2. The van der Waals surface area contributed by atoms with Gasteiger partial charge in [0.15, 0.2) is 0 Å². The lowest BCUT2D eigenvalue weighted by Gasteiger charge is -2.17. The highest BCUT2D eigenvalue weighted by molar-refractivity contribution is 6.33. The summed E-state index contributed by atoms with van der Waals surface area (Å²) in [5, 5.41) is 14.6. The number of rotatable bonds is 4. The molecule has 0 aliphatic heterocycles. The molecular weight excluding hydrogens is 354 g/mol. The molecule has 0 saturated carbocycles. The van der Waals surface area contributed by atoms with Crippen LogP contribution in [0.3, 0.4) is 0 Å². The molecule has 4 heteroatoms. The Morgan fingerprint density at radius 2 is 2.00 bits per heavy atom. The van der Waals surface area contributed by atoms with Gasteiger partial charge in [-0.3, -0.25) is 4.68 Å². The van der Waals surface area contributed by atoms with Gasteiger partial charge >= 0.3 is 0 Å². The zero-order chi connectivity index (χ0) is 19.6. The normalized spacial score (nSPS) is 17.4. The standard InChI is InChI=1S/C23H26ClN3/c1-15(2)19-10-8-18(9-11-19)14-27-17(4)16(3)23(26-27)20-6-5-7-21(13-25)22(24)12-20/h6-8,10,12,15H,5,9,11,14H2,1-4H3. The van der Waals surface area contributed by atoms with Crippen molar-refractivity contribution in [2.45, 2.75) is 53.5 Å². The Morgan fingerprint density at radius 1 is 1.22 bits per heavy atom. The fraction of sp³-hybridized carbons (Fsp3) is 0.391. The molecule has 0 amide bonds. The maximum Gasteiger partial charge on any atom is 0.100 e. The number of halogens is 1. The summed E-state index contributed by atoms with van der Waals surface area (Å²) in [7, 11) is 0. The van der Waals surface area contributed by atoms with Crippen LogP contribution in [0.25, 0.3) is 5.57 Å². The van der Waals surface area contributed by atoms with Crippen LogP contribution in [0, 0.1) is 31.1 Å². The van der Waals surface area contributed by atoms with Crippen molar-refractivity contribution in [3.8, 4) is 6.07 Å². The molecule has 3 rings (SSSR count). The summed E-state index contributed by atoms with van der Waals surface area (Å²) in [6, 6.07) is 2.15. The van der Waals surface area contributed by atoms with E-state index >= 15 is 0 Å². The molecule has 0 saturated heterocycles. The highest BCUT2D eigenvalue weighted by atomic mass is 35.5. The first kappa shape index (κ1) is 19.5. The van der Waals surface area contributed by atoms with Crippen molar-refractivity contribution in [2.75, 3.05) is 0 Å². The van der Waals surface area contributed by atoms with E-state index in [1.807, 2.05) is 12.2 Å².